The molecule has 31 heavy (non-hydrogen) atoms. The van der Waals surface area contributed by atoms with E-state index in [1.807, 2.05) is 11.0 Å². The van der Waals surface area contributed by atoms with Crippen LogP contribution >= 0.6 is 0 Å². The van der Waals surface area contributed by atoms with E-state index in [-0.39, 0.29) is 5.69 Å². The summed E-state index contributed by atoms with van der Waals surface area (Å²) in [4.78, 5) is 25.0. The minimum Gasteiger partial charge on any atom is -0.353 e. The zero-order valence-electron chi connectivity index (χ0n) is 16.7. The number of nitrogens with one attached hydrogen (secondary N) is 1. The molecular weight excluding hydrogens is 411 g/mol. The summed E-state index contributed by atoms with van der Waals surface area (Å²) in [5.74, 6) is 1.99. The highest BCUT2D eigenvalue weighted by molar-refractivity contribution is 5.89. The van der Waals surface area contributed by atoms with E-state index in [9.17, 15) is 18.0 Å². The highest BCUT2D eigenvalue weighted by atomic mass is 19.4. The summed E-state index contributed by atoms with van der Waals surface area (Å²) in [7, 11) is 0. The van der Waals surface area contributed by atoms with Crippen LogP contribution < -0.4 is 10.2 Å². The van der Waals surface area contributed by atoms with Gasteiger partial charge in [-0.3, -0.25) is 0 Å². The van der Waals surface area contributed by atoms with Crippen LogP contribution in [0.2, 0.25) is 0 Å². The van der Waals surface area contributed by atoms with E-state index in [0.717, 1.165) is 18.0 Å². The number of alkyl halides is 3. The van der Waals surface area contributed by atoms with Gasteiger partial charge in [-0.15, -0.1) is 0 Å². The van der Waals surface area contributed by atoms with E-state index in [1.54, 1.807) is 35.0 Å². The summed E-state index contributed by atoms with van der Waals surface area (Å²) in [5, 5.41) is 6.73. The van der Waals surface area contributed by atoms with Gasteiger partial charge in [0.15, 0.2) is 5.82 Å². The molecule has 8 nitrogen and oxygen atoms in total. The predicted molar refractivity (Wildman–Crippen MR) is 108 cm³/mol. The molecule has 3 aromatic rings. The molecule has 0 unspecified atom stereocenters. The van der Waals surface area contributed by atoms with Crippen LogP contribution in [-0.4, -0.2) is 56.9 Å². The van der Waals surface area contributed by atoms with Crippen molar-refractivity contribution in [3.8, 4) is 5.82 Å². The number of carbonyl (C=O) groups is 1. The van der Waals surface area contributed by atoms with E-state index in [2.05, 4.69) is 20.4 Å². The van der Waals surface area contributed by atoms with Crippen LogP contribution in [0.3, 0.4) is 0 Å². The molecule has 0 spiro atoms. The normalized spacial score (nSPS) is 14.6. The third-order valence-corrected chi connectivity index (χ3v) is 4.88. The molecule has 4 rings (SSSR count). The molecule has 0 aliphatic carbocycles. The van der Waals surface area contributed by atoms with Gasteiger partial charge in [-0.25, -0.2) is 19.4 Å². The van der Waals surface area contributed by atoms with Crippen molar-refractivity contribution in [2.24, 2.45) is 0 Å². The first-order chi connectivity index (χ1) is 14.8. The van der Waals surface area contributed by atoms with Gasteiger partial charge in [-0.05, 0) is 31.2 Å². The van der Waals surface area contributed by atoms with Crippen molar-refractivity contribution in [2.75, 3.05) is 36.4 Å². The van der Waals surface area contributed by atoms with E-state index in [4.69, 9.17) is 0 Å². The number of aromatic nitrogens is 4. The van der Waals surface area contributed by atoms with Crippen LogP contribution in [0.1, 0.15) is 11.4 Å². The molecule has 162 valence electrons. The first-order valence-corrected chi connectivity index (χ1v) is 9.63. The van der Waals surface area contributed by atoms with Crippen LogP contribution in [0.15, 0.2) is 48.8 Å². The lowest BCUT2D eigenvalue weighted by molar-refractivity contribution is -0.137. The molecule has 1 saturated heterocycles. The van der Waals surface area contributed by atoms with Gasteiger partial charge >= 0.3 is 12.2 Å². The number of amides is 2. The number of hydrogen-bond donors (Lipinski definition) is 1. The Morgan fingerprint density at radius 1 is 1.03 bits per heavy atom. The number of urea groups is 1. The Balaban J connectivity index is 1.39. The zero-order chi connectivity index (χ0) is 22.0. The fourth-order valence-electron chi connectivity index (χ4n) is 3.33. The van der Waals surface area contributed by atoms with Crippen LogP contribution in [0.25, 0.3) is 5.82 Å². The van der Waals surface area contributed by atoms with Crippen LogP contribution in [0.5, 0.6) is 0 Å². The monoisotopic (exact) mass is 431 g/mol. The molecule has 0 atom stereocenters. The Morgan fingerprint density at radius 2 is 1.77 bits per heavy atom. The number of anilines is 2. The average Bonchev–Trinajstić information content (AvgIpc) is 3.28. The Kier molecular flexibility index (Phi) is 5.49. The van der Waals surface area contributed by atoms with E-state index in [1.165, 1.54) is 12.1 Å². The lowest BCUT2D eigenvalue weighted by atomic mass is 10.2. The van der Waals surface area contributed by atoms with Crippen molar-refractivity contribution in [2.45, 2.75) is 13.1 Å². The second-order valence-corrected chi connectivity index (χ2v) is 7.07. The molecule has 3 heterocycles. The van der Waals surface area contributed by atoms with E-state index < -0.39 is 17.8 Å². The Hall–Kier alpha value is -3.63. The Labute approximate surface area is 176 Å². The van der Waals surface area contributed by atoms with E-state index >= 15 is 0 Å². The quantitative estimate of drug-likeness (QED) is 0.688. The molecule has 2 amide bonds. The van der Waals surface area contributed by atoms with Crippen molar-refractivity contribution in [1.29, 1.82) is 0 Å². The van der Waals surface area contributed by atoms with Crippen molar-refractivity contribution in [1.82, 2.24) is 24.6 Å². The third kappa shape index (κ3) is 4.76. The molecule has 1 fully saturated rings. The second kappa shape index (κ2) is 8.25. The molecule has 0 radical (unpaired) electrons. The van der Waals surface area contributed by atoms with Gasteiger partial charge in [0.25, 0.3) is 0 Å². The van der Waals surface area contributed by atoms with Crippen molar-refractivity contribution in [3.63, 3.8) is 0 Å². The van der Waals surface area contributed by atoms with Gasteiger partial charge in [0.05, 0.1) is 5.56 Å². The maximum Gasteiger partial charge on any atom is 0.416 e. The molecule has 2 aromatic heterocycles. The molecule has 1 aromatic carbocycles. The lowest BCUT2D eigenvalue weighted by Crippen LogP contribution is -2.50. The summed E-state index contributed by atoms with van der Waals surface area (Å²) in [6, 6.07) is 7.80. The summed E-state index contributed by atoms with van der Waals surface area (Å²) in [6.45, 7) is 3.68. The molecular formula is C20H20F3N7O. The van der Waals surface area contributed by atoms with Crippen molar-refractivity contribution < 1.29 is 18.0 Å². The molecule has 0 saturated carbocycles. The maximum absolute atomic E-state index is 12.9. The fourth-order valence-corrected chi connectivity index (χ4v) is 3.33. The number of carbonyl (C=O) groups excluding carboxylic acids is 1. The smallest absolute Gasteiger partial charge is 0.353 e. The summed E-state index contributed by atoms with van der Waals surface area (Å²) in [6.07, 6.45) is -1.00. The number of aryl methyl sites for hydroxylation is 1. The van der Waals surface area contributed by atoms with Crippen LogP contribution in [-0.2, 0) is 6.18 Å². The summed E-state index contributed by atoms with van der Waals surface area (Å²) in [5.41, 5.74) is -0.695. The minimum absolute atomic E-state index is 0.109. The molecule has 0 bridgehead atoms. The molecule has 11 heteroatoms. The fraction of sp³-hybridized carbons (Fsp3) is 0.300. The van der Waals surface area contributed by atoms with Gasteiger partial charge < -0.3 is 15.1 Å². The molecule has 1 aliphatic rings. The predicted octanol–water partition coefficient (Wildman–Crippen LogP) is 3.34. The van der Waals surface area contributed by atoms with Crippen LogP contribution in [0, 0.1) is 6.92 Å². The average molecular weight is 431 g/mol. The Bertz CT molecular complexity index is 1060. The largest absolute Gasteiger partial charge is 0.416 e. The lowest BCUT2D eigenvalue weighted by Gasteiger charge is -2.35. The SMILES string of the molecule is Cc1nc(N2CCN(C(=O)Nc3cccc(C(F)(F)F)c3)CC2)cc(-n2cccn2)n1. The van der Waals surface area contributed by atoms with Crippen molar-refractivity contribution in [3.05, 3.63) is 60.2 Å². The summed E-state index contributed by atoms with van der Waals surface area (Å²) < 4.78 is 40.2. The van der Waals surface area contributed by atoms with E-state index in [0.29, 0.717) is 37.8 Å². The van der Waals surface area contributed by atoms with Crippen LogP contribution in [0.4, 0.5) is 29.5 Å². The number of hydrogen-bond acceptors (Lipinski definition) is 5. The topological polar surface area (TPSA) is 79.2 Å². The standard InChI is InChI=1S/C20H20F3N7O/c1-14-25-17(13-18(26-14)30-7-3-6-24-30)28-8-10-29(11-9-28)19(31)27-16-5-2-4-15(12-16)20(21,22)23/h2-7,12-13H,8-11H2,1H3,(H,27,31). The van der Waals surface area contributed by atoms with Gasteiger partial charge in [-0.2, -0.15) is 18.3 Å². The third-order valence-electron chi connectivity index (χ3n) is 4.88. The number of rotatable bonds is 3. The van der Waals surface area contributed by atoms with Gasteiger partial charge in [0.1, 0.15) is 11.6 Å². The van der Waals surface area contributed by atoms with Gasteiger partial charge in [0.2, 0.25) is 0 Å². The van der Waals surface area contributed by atoms with Gasteiger partial charge in [-0.1, -0.05) is 6.07 Å². The number of nitrogens with zero attached hydrogens (tertiary/aromatic N) is 6. The highest BCUT2D eigenvalue weighted by Gasteiger charge is 2.31. The Morgan fingerprint density at radius 3 is 2.45 bits per heavy atom. The minimum atomic E-state index is -4.46. The summed E-state index contributed by atoms with van der Waals surface area (Å²) >= 11 is 0. The maximum atomic E-state index is 12.9. The first kappa shape index (κ1) is 20.6. The molecule has 1 aliphatic heterocycles. The molecule has 1 N–H and O–H groups in total. The zero-order valence-corrected chi connectivity index (χ0v) is 16.7. The second-order valence-electron chi connectivity index (χ2n) is 7.07. The number of benzene rings is 1. The highest BCUT2D eigenvalue weighted by Crippen LogP contribution is 2.30. The number of halogens is 3. The first-order valence-electron chi connectivity index (χ1n) is 9.63. The van der Waals surface area contributed by atoms with Crippen molar-refractivity contribution >= 4 is 17.5 Å². The van der Waals surface area contributed by atoms with Gasteiger partial charge in [0, 0.05) is 50.3 Å². The number of piperazine rings is 1.